The second-order valence-corrected chi connectivity index (χ2v) is 5.39. The maximum absolute atomic E-state index is 4.61. The van der Waals surface area contributed by atoms with Crippen molar-refractivity contribution in [3.8, 4) is 0 Å². The molecule has 0 aliphatic carbocycles. The van der Waals surface area contributed by atoms with Crippen LogP contribution in [0.2, 0.25) is 0 Å². The van der Waals surface area contributed by atoms with Gasteiger partial charge in [-0.1, -0.05) is 19.3 Å². The van der Waals surface area contributed by atoms with Gasteiger partial charge in [0.15, 0.2) is 0 Å². The van der Waals surface area contributed by atoms with E-state index in [2.05, 4.69) is 27.1 Å². The van der Waals surface area contributed by atoms with Crippen molar-refractivity contribution in [3.63, 3.8) is 0 Å². The van der Waals surface area contributed by atoms with Crippen LogP contribution in [0.25, 0.3) is 0 Å². The van der Waals surface area contributed by atoms with Gasteiger partial charge >= 0.3 is 0 Å². The van der Waals surface area contributed by atoms with Gasteiger partial charge < -0.3 is 5.32 Å². The minimum Gasteiger partial charge on any atom is -0.370 e. The quantitative estimate of drug-likeness (QED) is 0.905. The van der Waals surface area contributed by atoms with Gasteiger partial charge in [-0.2, -0.15) is 0 Å². The van der Waals surface area contributed by atoms with Crippen LogP contribution in [0.1, 0.15) is 50.5 Å². The van der Waals surface area contributed by atoms with E-state index < -0.39 is 0 Å². The van der Waals surface area contributed by atoms with Gasteiger partial charge in [0.05, 0.1) is 6.54 Å². The van der Waals surface area contributed by atoms with Gasteiger partial charge in [0.2, 0.25) is 0 Å². The molecular formula is C15H26N4. The first-order valence-electron chi connectivity index (χ1n) is 7.58. The molecule has 1 fully saturated rings. The standard InChI is InChI=1S/C15H26N4/c1-3-16-14-11-13(2)17-15(18-14)12-19-9-7-5-4-6-8-10-19/h11H,3-10,12H2,1-2H3,(H,16,17,18). The average Bonchev–Trinajstić information content (AvgIpc) is 2.32. The van der Waals surface area contributed by atoms with Gasteiger partial charge in [0.1, 0.15) is 11.6 Å². The lowest BCUT2D eigenvalue weighted by atomic mass is 10.1. The number of anilines is 1. The number of aryl methyl sites for hydroxylation is 1. The molecule has 2 rings (SSSR count). The van der Waals surface area contributed by atoms with Gasteiger partial charge in [0, 0.05) is 18.3 Å². The molecule has 2 heterocycles. The second kappa shape index (κ2) is 7.43. The fourth-order valence-corrected chi connectivity index (χ4v) is 2.64. The van der Waals surface area contributed by atoms with E-state index in [1.54, 1.807) is 0 Å². The van der Waals surface area contributed by atoms with Crippen LogP contribution in [0.4, 0.5) is 5.82 Å². The molecule has 0 unspecified atom stereocenters. The van der Waals surface area contributed by atoms with E-state index >= 15 is 0 Å². The molecule has 1 aromatic rings. The highest BCUT2D eigenvalue weighted by atomic mass is 15.2. The number of hydrogen-bond donors (Lipinski definition) is 1. The minimum atomic E-state index is 0.889. The molecule has 0 bridgehead atoms. The summed E-state index contributed by atoms with van der Waals surface area (Å²) >= 11 is 0. The van der Waals surface area contributed by atoms with Crippen LogP contribution in [0.3, 0.4) is 0 Å². The topological polar surface area (TPSA) is 41.1 Å². The highest BCUT2D eigenvalue weighted by Gasteiger charge is 2.11. The zero-order valence-corrected chi connectivity index (χ0v) is 12.3. The first-order valence-corrected chi connectivity index (χ1v) is 7.58. The molecule has 0 spiro atoms. The molecule has 1 aliphatic heterocycles. The third-order valence-electron chi connectivity index (χ3n) is 3.57. The number of likely N-dealkylation sites (tertiary alicyclic amines) is 1. The molecule has 0 saturated carbocycles. The minimum absolute atomic E-state index is 0.889. The van der Waals surface area contributed by atoms with Crippen molar-refractivity contribution in [3.05, 3.63) is 17.6 Å². The highest BCUT2D eigenvalue weighted by Crippen LogP contribution is 2.13. The van der Waals surface area contributed by atoms with Crippen molar-refractivity contribution in [2.45, 2.75) is 52.5 Å². The normalized spacial score (nSPS) is 17.8. The van der Waals surface area contributed by atoms with Gasteiger partial charge in [-0.15, -0.1) is 0 Å². The zero-order valence-electron chi connectivity index (χ0n) is 12.3. The lowest BCUT2D eigenvalue weighted by molar-refractivity contribution is 0.234. The summed E-state index contributed by atoms with van der Waals surface area (Å²) in [5.74, 6) is 1.91. The van der Waals surface area contributed by atoms with Crippen molar-refractivity contribution < 1.29 is 0 Å². The summed E-state index contributed by atoms with van der Waals surface area (Å²) in [6.45, 7) is 8.30. The number of nitrogens with one attached hydrogen (secondary N) is 1. The van der Waals surface area contributed by atoms with E-state index in [0.717, 1.165) is 30.4 Å². The number of hydrogen-bond acceptors (Lipinski definition) is 4. The SMILES string of the molecule is CCNc1cc(C)nc(CN2CCCCCCC2)n1. The Bertz CT molecular complexity index is 384. The third kappa shape index (κ3) is 4.78. The Balaban J connectivity index is 1.99. The maximum Gasteiger partial charge on any atom is 0.144 e. The summed E-state index contributed by atoms with van der Waals surface area (Å²) in [7, 11) is 0. The van der Waals surface area contributed by atoms with E-state index in [4.69, 9.17) is 0 Å². The lowest BCUT2D eigenvalue weighted by Gasteiger charge is -2.23. The largest absolute Gasteiger partial charge is 0.370 e. The van der Waals surface area contributed by atoms with Crippen molar-refractivity contribution in [1.29, 1.82) is 0 Å². The van der Waals surface area contributed by atoms with Gasteiger partial charge in [-0.05, 0) is 39.8 Å². The predicted octanol–water partition coefficient (Wildman–Crippen LogP) is 2.98. The van der Waals surface area contributed by atoms with Crippen molar-refractivity contribution >= 4 is 5.82 Å². The maximum atomic E-state index is 4.61. The number of rotatable bonds is 4. The molecule has 0 amide bonds. The monoisotopic (exact) mass is 262 g/mol. The van der Waals surface area contributed by atoms with Gasteiger partial charge in [-0.25, -0.2) is 9.97 Å². The first kappa shape index (κ1) is 14.3. The van der Waals surface area contributed by atoms with Gasteiger partial charge in [0.25, 0.3) is 0 Å². The molecule has 0 aromatic carbocycles. The first-order chi connectivity index (χ1) is 9.28. The fourth-order valence-electron chi connectivity index (χ4n) is 2.64. The Morgan fingerprint density at radius 2 is 1.79 bits per heavy atom. The van der Waals surface area contributed by atoms with Crippen molar-refractivity contribution in [1.82, 2.24) is 14.9 Å². The van der Waals surface area contributed by atoms with E-state index in [1.165, 1.54) is 45.2 Å². The van der Waals surface area contributed by atoms with Gasteiger partial charge in [-0.3, -0.25) is 4.90 Å². The summed E-state index contributed by atoms with van der Waals surface area (Å²) in [5, 5.41) is 3.28. The smallest absolute Gasteiger partial charge is 0.144 e. The molecular weight excluding hydrogens is 236 g/mol. The average molecular weight is 262 g/mol. The second-order valence-electron chi connectivity index (χ2n) is 5.39. The molecule has 4 nitrogen and oxygen atoms in total. The third-order valence-corrected chi connectivity index (χ3v) is 3.57. The van der Waals surface area contributed by atoms with Crippen LogP contribution < -0.4 is 5.32 Å². The van der Waals surface area contributed by atoms with E-state index in [9.17, 15) is 0 Å². The lowest BCUT2D eigenvalue weighted by Crippen LogP contribution is -2.28. The van der Waals surface area contributed by atoms with E-state index in [0.29, 0.717) is 0 Å². The molecule has 1 saturated heterocycles. The van der Waals surface area contributed by atoms with Crippen LogP contribution in [-0.4, -0.2) is 34.5 Å². The Hall–Kier alpha value is -1.16. The Kier molecular flexibility index (Phi) is 5.58. The molecule has 1 N–H and O–H groups in total. The molecule has 19 heavy (non-hydrogen) atoms. The summed E-state index contributed by atoms with van der Waals surface area (Å²) in [6, 6.07) is 2.01. The van der Waals surface area contributed by atoms with E-state index in [1.807, 2.05) is 13.0 Å². The Morgan fingerprint density at radius 3 is 2.47 bits per heavy atom. The van der Waals surface area contributed by atoms with Crippen molar-refractivity contribution in [2.75, 3.05) is 25.0 Å². The summed E-state index contributed by atoms with van der Waals surface area (Å²) in [6.07, 6.45) is 6.76. The summed E-state index contributed by atoms with van der Waals surface area (Å²) in [5.41, 5.74) is 1.05. The number of aromatic nitrogens is 2. The van der Waals surface area contributed by atoms with Crippen LogP contribution in [0, 0.1) is 6.92 Å². The molecule has 4 heteroatoms. The number of nitrogens with zero attached hydrogens (tertiary/aromatic N) is 3. The van der Waals surface area contributed by atoms with Crippen molar-refractivity contribution in [2.24, 2.45) is 0 Å². The molecule has 1 aliphatic rings. The van der Waals surface area contributed by atoms with E-state index in [-0.39, 0.29) is 0 Å². The van der Waals surface area contributed by atoms with Crippen LogP contribution in [0.5, 0.6) is 0 Å². The Labute approximate surface area is 116 Å². The van der Waals surface area contributed by atoms with Crippen LogP contribution in [-0.2, 0) is 6.54 Å². The van der Waals surface area contributed by atoms with Crippen LogP contribution >= 0.6 is 0 Å². The molecule has 1 aromatic heterocycles. The fraction of sp³-hybridized carbons (Fsp3) is 0.733. The Morgan fingerprint density at radius 1 is 1.11 bits per heavy atom. The summed E-state index contributed by atoms with van der Waals surface area (Å²) < 4.78 is 0. The summed E-state index contributed by atoms with van der Waals surface area (Å²) in [4.78, 5) is 11.7. The molecule has 0 radical (unpaired) electrons. The predicted molar refractivity (Wildman–Crippen MR) is 79.3 cm³/mol. The molecule has 106 valence electrons. The zero-order chi connectivity index (χ0) is 13.5. The highest BCUT2D eigenvalue weighted by molar-refractivity contribution is 5.35. The molecule has 0 atom stereocenters. The van der Waals surface area contributed by atoms with Crippen LogP contribution in [0.15, 0.2) is 6.07 Å².